The van der Waals surface area contributed by atoms with Crippen LogP contribution in [0.4, 0.5) is 17.1 Å². The molecule has 0 aromatic heterocycles. The van der Waals surface area contributed by atoms with Gasteiger partial charge in [-0.1, -0.05) is 249 Å². The van der Waals surface area contributed by atoms with E-state index >= 15 is 0 Å². The zero-order valence-electron chi connectivity index (χ0n) is 37.4. The molecule has 12 aromatic carbocycles. The Balaban J connectivity index is 1.12. The van der Waals surface area contributed by atoms with E-state index in [1.54, 1.807) is 0 Å². The van der Waals surface area contributed by atoms with Crippen LogP contribution in [-0.2, 0) is 5.41 Å². The molecule has 1 aliphatic carbocycles. The molecular weight excluding hydrogens is 819 g/mol. The molecule has 0 heterocycles. The highest BCUT2D eigenvalue weighted by Gasteiger charge is 2.46. The first-order chi connectivity index (χ1) is 33.8. The number of hydrogen-bond acceptors (Lipinski definition) is 1. The molecule has 318 valence electrons. The average Bonchev–Trinajstić information content (AvgIpc) is 3.72. The average molecular weight is 864 g/mol. The molecule has 13 rings (SSSR count). The Hall–Kier alpha value is -8.78. The lowest BCUT2D eigenvalue weighted by atomic mass is 9.68. The van der Waals surface area contributed by atoms with Crippen LogP contribution in [0.5, 0.6) is 0 Å². The van der Waals surface area contributed by atoms with Gasteiger partial charge in [-0.3, -0.25) is 0 Å². The smallest absolute Gasteiger partial charge is 0.0713 e. The van der Waals surface area contributed by atoms with Gasteiger partial charge in [-0.05, 0) is 112 Å². The van der Waals surface area contributed by atoms with Crippen molar-refractivity contribution in [2.24, 2.45) is 0 Å². The fourth-order valence-corrected chi connectivity index (χ4v) is 11.4. The molecule has 1 nitrogen and oxygen atoms in total. The van der Waals surface area contributed by atoms with Crippen molar-refractivity contribution < 1.29 is 0 Å². The lowest BCUT2D eigenvalue weighted by molar-refractivity contribution is 0.768. The maximum absolute atomic E-state index is 2.55. The molecule has 0 bridgehead atoms. The van der Waals surface area contributed by atoms with Crippen LogP contribution in [0.1, 0.15) is 22.3 Å². The molecule has 0 amide bonds. The normalized spacial score (nSPS) is 12.5. The zero-order valence-corrected chi connectivity index (χ0v) is 37.4. The highest BCUT2D eigenvalue weighted by atomic mass is 15.1. The van der Waals surface area contributed by atoms with Gasteiger partial charge in [-0.15, -0.1) is 0 Å². The second kappa shape index (κ2) is 16.3. The van der Waals surface area contributed by atoms with Crippen LogP contribution in [0.15, 0.2) is 273 Å². The summed E-state index contributed by atoms with van der Waals surface area (Å²) in [5, 5.41) is 7.31. The largest absolute Gasteiger partial charge is 0.309 e. The van der Waals surface area contributed by atoms with Crippen LogP contribution in [0.2, 0.25) is 0 Å². The van der Waals surface area contributed by atoms with E-state index in [-0.39, 0.29) is 0 Å². The maximum Gasteiger partial charge on any atom is 0.0713 e. The van der Waals surface area contributed by atoms with Crippen LogP contribution in [0.3, 0.4) is 0 Å². The van der Waals surface area contributed by atoms with E-state index < -0.39 is 5.41 Å². The number of fused-ring (bicyclic) bond motifs is 7. The summed E-state index contributed by atoms with van der Waals surface area (Å²) >= 11 is 0. The molecule has 0 fully saturated rings. The van der Waals surface area contributed by atoms with Crippen molar-refractivity contribution in [1.82, 2.24) is 0 Å². The van der Waals surface area contributed by atoms with E-state index in [1.165, 1.54) is 99.1 Å². The monoisotopic (exact) mass is 863 g/mol. The van der Waals surface area contributed by atoms with Crippen molar-refractivity contribution in [3.05, 3.63) is 295 Å². The standard InChI is InChI=1S/C67H45N/c1-4-21-46(22-5-1)53-29-12-13-30-54(53)48-39-41-51(42-40-48)68(66-61-36-17-15-33-57(61)56-32-14-16-35-60(56)65(66)59-37-20-24-47-23-10-11-31-55(47)59)52-43-44-64-62(45-52)58-34-18-19-38-63(58)67(64,49-25-6-2-7-26-49)50-27-8-3-9-28-50/h1-45H. The summed E-state index contributed by atoms with van der Waals surface area (Å²) in [5.41, 5.74) is 17.6. The summed E-state index contributed by atoms with van der Waals surface area (Å²) in [6.45, 7) is 0. The third-order valence-corrected chi connectivity index (χ3v) is 14.3. The van der Waals surface area contributed by atoms with E-state index in [2.05, 4.69) is 278 Å². The van der Waals surface area contributed by atoms with Gasteiger partial charge < -0.3 is 4.90 Å². The SMILES string of the molecule is c1ccc(-c2ccccc2-c2ccc(N(c3ccc4c(c3)-c3ccccc3C4(c3ccccc3)c3ccccc3)c3c(-c4cccc5ccccc45)c4ccccc4c4ccccc34)cc2)cc1. The lowest BCUT2D eigenvalue weighted by Gasteiger charge is -2.34. The van der Waals surface area contributed by atoms with E-state index in [9.17, 15) is 0 Å². The molecule has 0 radical (unpaired) electrons. The van der Waals surface area contributed by atoms with Crippen LogP contribution in [0.25, 0.3) is 76.8 Å². The summed E-state index contributed by atoms with van der Waals surface area (Å²) in [6, 6.07) is 101. The first kappa shape index (κ1) is 39.6. The van der Waals surface area contributed by atoms with Gasteiger partial charge in [0, 0.05) is 22.3 Å². The predicted molar refractivity (Wildman–Crippen MR) is 287 cm³/mol. The predicted octanol–water partition coefficient (Wildman–Crippen LogP) is 18.0. The maximum atomic E-state index is 2.55. The number of anilines is 3. The van der Waals surface area contributed by atoms with Gasteiger partial charge in [-0.25, -0.2) is 0 Å². The van der Waals surface area contributed by atoms with Crippen LogP contribution >= 0.6 is 0 Å². The number of nitrogens with zero attached hydrogens (tertiary/aromatic N) is 1. The molecule has 68 heavy (non-hydrogen) atoms. The molecule has 1 heteroatoms. The Bertz CT molecular complexity index is 3790. The van der Waals surface area contributed by atoms with Gasteiger partial charge in [0.2, 0.25) is 0 Å². The van der Waals surface area contributed by atoms with Crippen LogP contribution in [0, 0.1) is 0 Å². The Morgan fingerprint density at radius 3 is 1.40 bits per heavy atom. The summed E-state index contributed by atoms with van der Waals surface area (Å²) in [5.74, 6) is 0. The fourth-order valence-electron chi connectivity index (χ4n) is 11.4. The van der Waals surface area contributed by atoms with E-state index in [0.29, 0.717) is 0 Å². The van der Waals surface area contributed by atoms with Crippen molar-refractivity contribution in [2.75, 3.05) is 4.90 Å². The molecule has 1 aliphatic rings. The Labute approximate surface area is 397 Å². The van der Waals surface area contributed by atoms with E-state index in [0.717, 1.165) is 17.1 Å². The lowest BCUT2D eigenvalue weighted by Crippen LogP contribution is -2.28. The van der Waals surface area contributed by atoms with Gasteiger partial charge >= 0.3 is 0 Å². The second-order valence-electron chi connectivity index (χ2n) is 17.9. The van der Waals surface area contributed by atoms with Gasteiger partial charge in [0.05, 0.1) is 11.1 Å². The minimum atomic E-state index is -0.505. The Kier molecular flexibility index (Phi) is 9.47. The van der Waals surface area contributed by atoms with E-state index in [1.807, 2.05) is 0 Å². The minimum absolute atomic E-state index is 0.505. The second-order valence-corrected chi connectivity index (χ2v) is 17.9. The Morgan fingerprint density at radius 1 is 0.265 bits per heavy atom. The summed E-state index contributed by atoms with van der Waals surface area (Å²) in [6.07, 6.45) is 0. The molecule has 0 N–H and O–H groups in total. The third-order valence-electron chi connectivity index (χ3n) is 14.3. The molecule has 0 saturated heterocycles. The van der Waals surface area contributed by atoms with Gasteiger partial charge in [0.15, 0.2) is 0 Å². The van der Waals surface area contributed by atoms with Crippen molar-refractivity contribution >= 4 is 49.4 Å². The van der Waals surface area contributed by atoms with Crippen molar-refractivity contribution in [1.29, 1.82) is 0 Å². The first-order valence-electron chi connectivity index (χ1n) is 23.6. The molecule has 0 unspecified atom stereocenters. The number of hydrogen-bond donors (Lipinski definition) is 0. The highest BCUT2D eigenvalue weighted by molar-refractivity contribution is 6.24. The summed E-state index contributed by atoms with van der Waals surface area (Å²) < 4.78 is 0. The minimum Gasteiger partial charge on any atom is -0.309 e. The van der Waals surface area contributed by atoms with Crippen LogP contribution < -0.4 is 4.90 Å². The van der Waals surface area contributed by atoms with Gasteiger partial charge in [-0.2, -0.15) is 0 Å². The molecule has 0 saturated carbocycles. The van der Waals surface area contributed by atoms with Gasteiger partial charge in [0.1, 0.15) is 0 Å². The van der Waals surface area contributed by atoms with Gasteiger partial charge in [0.25, 0.3) is 0 Å². The van der Waals surface area contributed by atoms with E-state index in [4.69, 9.17) is 0 Å². The number of rotatable bonds is 8. The summed E-state index contributed by atoms with van der Waals surface area (Å²) in [7, 11) is 0. The van der Waals surface area contributed by atoms with Crippen molar-refractivity contribution in [3.8, 4) is 44.5 Å². The zero-order chi connectivity index (χ0) is 45.0. The molecule has 0 atom stereocenters. The first-order valence-corrected chi connectivity index (χ1v) is 23.6. The fraction of sp³-hybridized carbons (Fsp3) is 0.0149. The molecule has 0 spiro atoms. The van der Waals surface area contributed by atoms with Crippen molar-refractivity contribution in [2.45, 2.75) is 5.41 Å². The molecular formula is C67H45N. The van der Waals surface area contributed by atoms with Crippen molar-refractivity contribution in [3.63, 3.8) is 0 Å². The van der Waals surface area contributed by atoms with Crippen LogP contribution in [-0.4, -0.2) is 0 Å². The molecule has 0 aliphatic heterocycles. The topological polar surface area (TPSA) is 3.24 Å². The highest BCUT2D eigenvalue weighted by Crippen LogP contribution is 2.58. The quantitative estimate of drug-likeness (QED) is 0.138. The summed E-state index contributed by atoms with van der Waals surface area (Å²) in [4.78, 5) is 2.55. The number of benzene rings is 12. The third kappa shape index (κ3) is 6.17. The molecule has 12 aromatic rings. The Morgan fingerprint density at radius 2 is 0.721 bits per heavy atom.